The number of fused-ring (bicyclic) bond motifs is 1. The number of hydrogen-bond acceptors (Lipinski definition) is 4. The summed E-state index contributed by atoms with van der Waals surface area (Å²) in [6.07, 6.45) is 1.29. The predicted octanol–water partition coefficient (Wildman–Crippen LogP) is 2.08. The van der Waals surface area contributed by atoms with Crippen LogP contribution in [0.4, 0.5) is 0 Å². The first kappa shape index (κ1) is 18.2. The van der Waals surface area contributed by atoms with Crippen molar-refractivity contribution in [3.05, 3.63) is 98.2 Å². The number of rotatable bonds is 4. The number of nitrogens with zero attached hydrogens (tertiary/aromatic N) is 2. The Hall–Kier alpha value is -4.20. The number of amides is 1. The molecule has 8 heteroatoms. The maximum absolute atomic E-state index is 12.6. The smallest absolute Gasteiger partial charge is 0.280 e. The molecule has 0 aliphatic carbocycles. The first-order valence-electron chi connectivity index (χ1n) is 8.87. The minimum Gasteiger partial charge on any atom is -0.322 e. The first-order chi connectivity index (χ1) is 14.0. The number of carbonyl (C=O) groups excluding carboxylic acids is 1. The number of hydrogen-bond donors (Lipinski definition) is 3. The number of pyridine rings is 1. The summed E-state index contributed by atoms with van der Waals surface area (Å²) in [5, 5.41) is 7.50. The third-order valence-electron chi connectivity index (χ3n) is 4.49. The summed E-state index contributed by atoms with van der Waals surface area (Å²) in [4.78, 5) is 39.7. The molecule has 2 aromatic heterocycles. The Balaban J connectivity index is 1.61. The van der Waals surface area contributed by atoms with E-state index >= 15 is 0 Å². The van der Waals surface area contributed by atoms with Crippen molar-refractivity contribution in [2.75, 3.05) is 0 Å². The van der Waals surface area contributed by atoms with Gasteiger partial charge < -0.3 is 4.98 Å². The van der Waals surface area contributed by atoms with Crippen LogP contribution in [0.2, 0.25) is 0 Å². The van der Waals surface area contributed by atoms with Crippen LogP contribution in [-0.2, 0) is 0 Å². The number of aryl methyl sites for hydroxylation is 1. The van der Waals surface area contributed by atoms with Crippen molar-refractivity contribution in [2.24, 2.45) is 5.10 Å². The molecule has 0 radical (unpaired) electrons. The van der Waals surface area contributed by atoms with E-state index in [9.17, 15) is 14.4 Å². The standard InChI is InChI=1S/C21H17N5O3/c1-13-17(21(29)26(25-13)14-7-3-2-4-8-14)12-22-24-20(28)16-11-19(27)23-18-10-6-5-9-15(16)18/h2-12,25H,1H3,(H,23,27)(H,24,28)/b22-12-. The lowest BCUT2D eigenvalue weighted by molar-refractivity contribution is 0.0956. The molecule has 3 N–H and O–H groups in total. The Morgan fingerprint density at radius 2 is 1.79 bits per heavy atom. The van der Waals surface area contributed by atoms with Crippen LogP contribution in [0.3, 0.4) is 0 Å². The van der Waals surface area contributed by atoms with Crippen molar-refractivity contribution < 1.29 is 4.79 Å². The van der Waals surface area contributed by atoms with Crippen molar-refractivity contribution in [2.45, 2.75) is 6.92 Å². The molecule has 0 unspecified atom stereocenters. The lowest BCUT2D eigenvalue weighted by Gasteiger charge is -2.04. The molecule has 29 heavy (non-hydrogen) atoms. The Bertz CT molecular complexity index is 1350. The lowest BCUT2D eigenvalue weighted by Crippen LogP contribution is -2.22. The third kappa shape index (κ3) is 3.51. The van der Waals surface area contributed by atoms with E-state index in [1.807, 2.05) is 18.2 Å². The molecule has 0 fully saturated rings. The van der Waals surface area contributed by atoms with Crippen LogP contribution >= 0.6 is 0 Å². The number of nitrogens with one attached hydrogen (secondary N) is 3. The second-order valence-corrected chi connectivity index (χ2v) is 6.42. The number of carbonyl (C=O) groups is 1. The second kappa shape index (κ2) is 7.43. The zero-order valence-corrected chi connectivity index (χ0v) is 15.5. The van der Waals surface area contributed by atoms with Crippen LogP contribution in [0.15, 0.2) is 75.4 Å². The molecule has 8 nitrogen and oxygen atoms in total. The van der Waals surface area contributed by atoms with Gasteiger partial charge in [0.2, 0.25) is 5.56 Å². The highest BCUT2D eigenvalue weighted by Crippen LogP contribution is 2.14. The molecule has 144 valence electrons. The van der Waals surface area contributed by atoms with E-state index in [0.717, 1.165) is 0 Å². The van der Waals surface area contributed by atoms with Crippen LogP contribution in [0, 0.1) is 6.92 Å². The zero-order valence-electron chi connectivity index (χ0n) is 15.5. The Kier molecular flexibility index (Phi) is 4.66. The molecular formula is C21H17N5O3. The Morgan fingerprint density at radius 3 is 2.59 bits per heavy atom. The molecule has 0 saturated heterocycles. The molecule has 1 amide bonds. The van der Waals surface area contributed by atoms with Crippen LogP contribution in [0.1, 0.15) is 21.6 Å². The van der Waals surface area contributed by atoms with Gasteiger partial charge in [0.25, 0.3) is 11.5 Å². The van der Waals surface area contributed by atoms with Crippen molar-refractivity contribution >= 4 is 23.0 Å². The van der Waals surface area contributed by atoms with E-state index in [1.165, 1.54) is 17.0 Å². The van der Waals surface area contributed by atoms with Crippen LogP contribution < -0.4 is 16.5 Å². The molecular weight excluding hydrogens is 370 g/mol. The van der Waals surface area contributed by atoms with E-state index in [-0.39, 0.29) is 16.7 Å². The van der Waals surface area contributed by atoms with Crippen LogP contribution in [0.5, 0.6) is 0 Å². The van der Waals surface area contributed by atoms with E-state index in [0.29, 0.717) is 27.8 Å². The van der Waals surface area contributed by atoms with E-state index < -0.39 is 5.91 Å². The SMILES string of the molecule is Cc1[nH]n(-c2ccccc2)c(=O)c1/C=N\NC(=O)c1cc(=O)[nH]c2ccccc12. The molecule has 2 aromatic carbocycles. The quantitative estimate of drug-likeness (QED) is 0.368. The topological polar surface area (TPSA) is 112 Å². The molecule has 2 heterocycles. The monoisotopic (exact) mass is 387 g/mol. The summed E-state index contributed by atoms with van der Waals surface area (Å²) < 4.78 is 1.41. The van der Waals surface area contributed by atoms with Gasteiger partial charge in [0.15, 0.2) is 0 Å². The Labute approximate surface area is 164 Å². The summed E-state index contributed by atoms with van der Waals surface area (Å²) in [7, 11) is 0. The first-order valence-corrected chi connectivity index (χ1v) is 8.87. The largest absolute Gasteiger partial charge is 0.322 e. The number of aromatic nitrogens is 3. The fourth-order valence-corrected chi connectivity index (χ4v) is 3.08. The minimum atomic E-state index is -0.542. The number of hydrazone groups is 1. The number of H-pyrrole nitrogens is 2. The maximum Gasteiger partial charge on any atom is 0.280 e. The summed E-state index contributed by atoms with van der Waals surface area (Å²) in [5.41, 5.74) is 4.10. The third-order valence-corrected chi connectivity index (χ3v) is 4.49. The molecule has 0 aliphatic rings. The van der Waals surface area contributed by atoms with Crippen molar-refractivity contribution in [3.8, 4) is 5.69 Å². The molecule has 4 rings (SSSR count). The summed E-state index contributed by atoms with van der Waals surface area (Å²) in [5.74, 6) is -0.542. The van der Waals surface area contributed by atoms with Gasteiger partial charge in [-0.3, -0.25) is 19.5 Å². The minimum absolute atomic E-state index is 0.203. The molecule has 0 spiro atoms. The van der Waals surface area contributed by atoms with E-state index in [2.05, 4.69) is 20.6 Å². The highest BCUT2D eigenvalue weighted by atomic mass is 16.2. The van der Waals surface area contributed by atoms with Gasteiger partial charge in [-0.15, -0.1) is 0 Å². The number of aromatic amines is 2. The summed E-state index contributed by atoms with van der Waals surface area (Å²) in [6, 6.07) is 17.3. The normalized spacial score (nSPS) is 11.2. The average Bonchev–Trinajstić information content (AvgIpc) is 3.02. The van der Waals surface area contributed by atoms with Crippen LogP contribution in [0.25, 0.3) is 16.6 Å². The van der Waals surface area contributed by atoms with Crippen molar-refractivity contribution in [3.63, 3.8) is 0 Å². The number of benzene rings is 2. The zero-order chi connectivity index (χ0) is 20.4. The molecule has 0 aliphatic heterocycles. The van der Waals surface area contributed by atoms with Gasteiger partial charge in [0.1, 0.15) is 0 Å². The van der Waals surface area contributed by atoms with Gasteiger partial charge in [0, 0.05) is 22.7 Å². The highest BCUT2D eigenvalue weighted by Gasteiger charge is 2.12. The van der Waals surface area contributed by atoms with Gasteiger partial charge in [-0.05, 0) is 25.1 Å². The van der Waals surface area contributed by atoms with E-state index in [1.54, 1.807) is 43.3 Å². The molecule has 4 aromatic rings. The summed E-state index contributed by atoms with van der Waals surface area (Å²) in [6.45, 7) is 1.74. The van der Waals surface area contributed by atoms with Gasteiger partial charge >= 0.3 is 0 Å². The van der Waals surface area contributed by atoms with Crippen molar-refractivity contribution in [1.29, 1.82) is 0 Å². The van der Waals surface area contributed by atoms with Gasteiger partial charge in [-0.25, -0.2) is 10.1 Å². The van der Waals surface area contributed by atoms with Gasteiger partial charge in [0.05, 0.1) is 23.0 Å². The van der Waals surface area contributed by atoms with Gasteiger partial charge in [-0.1, -0.05) is 36.4 Å². The van der Waals surface area contributed by atoms with Crippen LogP contribution in [-0.4, -0.2) is 26.9 Å². The fraction of sp³-hybridized carbons (Fsp3) is 0.0476. The fourth-order valence-electron chi connectivity index (χ4n) is 3.08. The Morgan fingerprint density at radius 1 is 1.07 bits per heavy atom. The predicted molar refractivity (Wildman–Crippen MR) is 111 cm³/mol. The van der Waals surface area contributed by atoms with Crippen molar-refractivity contribution in [1.82, 2.24) is 20.2 Å². The summed E-state index contributed by atoms with van der Waals surface area (Å²) >= 11 is 0. The second-order valence-electron chi connectivity index (χ2n) is 6.42. The highest BCUT2D eigenvalue weighted by molar-refractivity contribution is 6.06. The molecule has 0 atom stereocenters. The van der Waals surface area contributed by atoms with Gasteiger partial charge in [-0.2, -0.15) is 5.10 Å². The molecule has 0 saturated carbocycles. The molecule has 0 bridgehead atoms. The van der Waals surface area contributed by atoms with E-state index in [4.69, 9.17) is 0 Å². The number of para-hydroxylation sites is 2. The lowest BCUT2D eigenvalue weighted by atomic mass is 10.1. The maximum atomic E-state index is 12.6. The average molecular weight is 387 g/mol.